The average molecular weight is 343 g/mol. The predicted octanol–water partition coefficient (Wildman–Crippen LogP) is 1.74. The minimum atomic E-state index is 0.190. The van der Waals surface area contributed by atoms with Gasteiger partial charge in [-0.15, -0.1) is 5.10 Å². The number of likely N-dealkylation sites (tertiary alicyclic amines) is 1. The Hall–Kier alpha value is -1.69. The third-order valence-corrected chi connectivity index (χ3v) is 5.84. The first-order chi connectivity index (χ1) is 12.2. The average Bonchev–Trinajstić information content (AvgIpc) is 3.47. The predicted molar refractivity (Wildman–Crippen MR) is 97.5 cm³/mol. The molecule has 1 amide bonds. The number of amides is 1. The van der Waals surface area contributed by atoms with Gasteiger partial charge in [0.05, 0.1) is 11.6 Å². The van der Waals surface area contributed by atoms with Gasteiger partial charge in [-0.3, -0.25) is 9.69 Å². The Morgan fingerprint density at radius 2 is 1.88 bits per heavy atom. The molecule has 1 saturated carbocycles. The van der Waals surface area contributed by atoms with Crippen molar-refractivity contribution in [2.45, 2.75) is 57.5 Å². The maximum absolute atomic E-state index is 12.4. The van der Waals surface area contributed by atoms with Gasteiger partial charge in [-0.2, -0.15) is 5.10 Å². The molecule has 0 aromatic carbocycles. The van der Waals surface area contributed by atoms with Gasteiger partial charge in [0.2, 0.25) is 5.91 Å². The van der Waals surface area contributed by atoms with E-state index in [1.165, 1.54) is 12.8 Å². The molecule has 1 aromatic rings. The topological polar surface area (TPSA) is 61.4 Å². The normalized spacial score (nSPS) is 25.8. The van der Waals surface area contributed by atoms with Gasteiger partial charge in [-0.1, -0.05) is 0 Å². The molecule has 3 heterocycles. The molecule has 1 aliphatic carbocycles. The molecule has 6 nitrogen and oxygen atoms in total. The molecule has 2 aliphatic heterocycles. The van der Waals surface area contributed by atoms with E-state index >= 15 is 0 Å². The van der Waals surface area contributed by atoms with Gasteiger partial charge >= 0.3 is 0 Å². The molecule has 1 N–H and O–H groups in total. The second-order valence-corrected chi connectivity index (χ2v) is 7.87. The third-order valence-electron chi connectivity index (χ3n) is 5.84. The second-order valence-electron chi connectivity index (χ2n) is 7.87. The van der Waals surface area contributed by atoms with Crippen molar-refractivity contribution in [2.75, 3.05) is 31.1 Å². The SMILES string of the molecule is Cc1ccc(N2CCC(N3CCCC(C(=O)NC4CC4)C3)CC2)nn1. The minimum absolute atomic E-state index is 0.190. The van der Waals surface area contributed by atoms with Crippen molar-refractivity contribution < 1.29 is 4.79 Å². The van der Waals surface area contributed by atoms with Crippen LogP contribution in [-0.2, 0) is 4.79 Å². The lowest BCUT2D eigenvalue weighted by Crippen LogP contribution is -2.51. The molecular formula is C19H29N5O. The van der Waals surface area contributed by atoms with Crippen molar-refractivity contribution >= 4 is 11.7 Å². The molecule has 2 saturated heterocycles. The summed E-state index contributed by atoms with van der Waals surface area (Å²) in [7, 11) is 0. The van der Waals surface area contributed by atoms with Gasteiger partial charge in [-0.25, -0.2) is 0 Å². The number of rotatable bonds is 4. The van der Waals surface area contributed by atoms with Crippen LogP contribution in [0.25, 0.3) is 0 Å². The second kappa shape index (κ2) is 7.28. The van der Waals surface area contributed by atoms with E-state index < -0.39 is 0 Å². The zero-order valence-corrected chi connectivity index (χ0v) is 15.2. The molecule has 3 aliphatic rings. The Kier molecular flexibility index (Phi) is 4.88. The highest BCUT2D eigenvalue weighted by Crippen LogP contribution is 2.27. The number of carbonyl (C=O) groups is 1. The van der Waals surface area contributed by atoms with E-state index in [0.717, 1.165) is 63.4 Å². The van der Waals surface area contributed by atoms with Gasteiger partial charge in [0, 0.05) is 31.7 Å². The highest BCUT2D eigenvalue weighted by atomic mass is 16.2. The van der Waals surface area contributed by atoms with Crippen molar-refractivity contribution in [1.29, 1.82) is 0 Å². The fourth-order valence-electron chi connectivity index (χ4n) is 4.12. The zero-order valence-electron chi connectivity index (χ0n) is 15.2. The first kappa shape index (κ1) is 16.8. The number of aryl methyl sites for hydroxylation is 1. The number of hydrogen-bond donors (Lipinski definition) is 1. The van der Waals surface area contributed by atoms with Crippen molar-refractivity contribution in [1.82, 2.24) is 20.4 Å². The summed E-state index contributed by atoms with van der Waals surface area (Å²) in [5.74, 6) is 1.47. The summed E-state index contributed by atoms with van der Waals surface area (Å²) >= 11 is 0. The molecule has 0 spiro atoms. The van der Waals surface area contributed by atoms with Gasteiger partial charge in [0.15, 0.2) is 5.82 Å². The van der Waals surface area contributed by atoms with E-state index in [0.29, 0.717) is 18.0 Å². The van der Waals surface area contributed by atoms with Gasteiger partial charge in [-0.05, 0) is 64.1 Å². The maximum Gasteiger partial charge on any atom is 0.224 e. The zero-order chi connectivity index (χ0) is 17.2. The van der Waals surface area contributed by atoms with Crippen LogP contribution < -0.4 is 10.2 Å². The third kappa shape index (κ3) is 4.11. The van der Waals surface area contributed by atoms with E-state index in [9.17, 15) is 4.79 Å². The van der Waals surface area contributed by atoms with Crippen molar-refractivity contribution in [3.8, 4) is 0 Å². The highest BCUT2D eigenvalue weighted by Gasteiger charge is 2.33. The summed E-state index contributed by atoms with van der Waals surface area (Å²) < 4.78 is 0. The number of aromatic nitrogens is 2. The monoisotopic (exact) mass is 343 g/mol. The molecule has 1 unspecified atom stereocenters. The Morgan fingerprint density at radius 1 is 1.08 bits per heavy atom. The van der Waals surface area contributed by atoms with Crippen LogP contribution in [0.1, 0.15) is 44.2 Å². The number of nitrogens with one attached hydrogen (secondary N) is 1. The molecular weight excluding hydrogens is 314 g/mol. The molecule has 25 heavy (non-hydrogen) atoms. The fourth-order valence-corrected chi connectivity index (χ4v) is 4.12. The van der Waals surface area contributed by atoms with Crippen molar-refractivity contribution in [3.63, 3.8) is 0 Å². The van der Waals surface area contributed by atoms with Crippen LogP contribution in [0.3, 0.4) is 0 Å². The summed E-state index contributed by atoms with van der Waals surface area (Å²) in [6.45, 7) is 6.10. The molecule has 1 aromatic heterocycles. The molecule has 4 rings (SSSR count). The van der Waals surface area contributed by atoms with Gasteiger partial charge in [0.1, 0.15) is 0 Å². The summed E-state index contributed by atoms with van der Waals surface area (Å²) in [5, 5.41) is 11.7. The molecule has 3 fully saturated rings. The smallest absolute Gasteiger partial charge is 0.224 e. The van der Waals surface area contributed by atoms with Crippen LogP contribution in [-0.4, -0.2) is 59.3 Å². The molecule has 0 bridgehead atoms. The number of nitrogens with zero attached hydrogens (tertiary/aromatic N) is 4. The Morgan fingerprint density at radius 3 is 2.56 bits per heavy atom. The highest BCUT2D eigenvalue weighted by molar-refractivity contribution is 5.79. The summed E-state index contributed by atoms with van der Waals surface area (Å²) in [5.41, 5.74) is 0.961. The van der Waals surface area contributed by atoms with Crippen LogP contribution >= 0.6 is 0 Å². The molecule has 136 valence electrons. The number of hydrogen-bond acceptors (Lipinski definition) is 5. The van der Waals surface area contributed by atoms with Crippen LogP contribution in [0.2, 0.25) is 0 Å². The number of anilines is 1. The lowest BCUT2D eigenvalue weighted by molar-refractivity contribution is -0.127. The molecule has 6 heteroatoms. The largest absolute Gasteiger partial charge is 0.355 e. The van der Waals surface area contributed by atoms with E-state index in [4.69, 9.17) is 0 Å². The van der Waals surface area contributed by atoms with E-state index in [1.54, 1.807) is 0 Å². The van der Waals surface area contributed by atoms with Crippen LogP contribution in [0.15, 0.2) is 12.1 Å². The minimum Gasteiger partial charge on any atom is -0.355 e. The molecule has 0 radical (unpaired) electrons. The van der Waals surface area contributed by atoms with Crippen LogP contribution in [0, 0.1) is 12.8 Å². The summed E-state index contributed by atoms with van der Waals surface area (Å²) in [4.78, 5) is 17.3. The molecule has 1 atom stereocenters. The summed E-state index contributed by atoms with van der Waals surface area (Å²) in [6, 6.07) is 5.18. The Balaban J connectivity index is 1.29. The van der Waals surface area contributed by atoms with E-state index in [1.807, 2.05) is 13.0 Å². The Labute approximate surface area is 150 Å². The first-order valence-electron chi connectivity index (χ1n) is 9.79. The van der Waals surface area contributed by atoms with Crippen molar-refractivity contribution in [3.05, 3.63) is 17.8 Å². The lowest BCUT2D eigenvalue weighted by Gasteiger charge is -2.42. The fraction of sp³-hybridized carbons (Fsp3) is 0.737. The van der Waals surface area contributed by atoms with Crippen LogP contribution in [0.5, 0.6) is 0 Å². The number of carbonyl (C=O) groups excluding carboxylic acids is 1. The Bertz CT molecular complexity index is 592. The summed E-state index contributed by atoms with van der Waals surface area (Å²) in [6.07, 6.45) is 6.82. The standard InChI is InChI=1S/C19H29N5O/c1-14-4-7-18(22-21-14)23-11-8-17(9-12-23)24-10-2-3-15(13-24)19(25)20-16-5-6-16/h4,7,15-17H,2-3,5-6,8-13H2,1H3,(H,20,25). The number of piperidine rings is 2. The first-order valence-corrected chi connectivity index (χ1v) is 9.79. The quantitative estimate of drug-likeness (QED) is 0.902. The van der Waals surface area contributed by atoms with Crippen molar-refractivity contribution in [2.24, 2.45) is 5.92 Å². The maximum atomic E-state index is 12.4. The van der Waals surface area contributed by atoms with Gasteiger partial charge < -0.3 is 10.2 Å². The van der Waals surface area contributed by atoms with Gasteiger partial charge in [0.25, 0.3) is 0 Å². The van der Waals surface area contributed by atoms with E-state index in [-0.39, 0.29) is 5.92 Å². The lowest BCUT2D eigenvalue weighted by atomic mass is 9.93. The van der Waals surface area contributed by atoms with E-state index in [2.05, 4.69) is 31.4 Å². The van der Waals surface area contributed by atoms with Crippen LogP contribution in [0.4, 0.5) is 5.82 Å².